The Kier molecular flexibility index (Phi) is 3.86. The number of ether oxygens (including phenoxy) is 1. The van der Waals surface area contributed by atoms with Crippen LogP contribution in [0.5, 0.6) is 11.5 Å². The molecular weight excluding hydrogens is 294 g/mol. The van der Waals surface area contributed by atoms with Crippen LogP contribution in [0, 0.1) is 0 Å². The molecule has 0 aliphatic heterocycles. The number of rotatable bonds is 4. The number of nitrogen functional groups attached to an aromatic ring is 1. The fourth-order valence-corrected chi connectivity index (χ4v) is 2.35. The second-order valence-corrected chi connectivity index (χ2v) is 6.43. The number of sulfone groups is 1. The fourth-order valence-electron chi connectivity index (χ4n) is 1.70. The minimum absolute atomic E-state index is 0.0492. The molecule has 0 saturated heterocycles. The van der Waals surface area contributed by atoms with Crippen LogP contribution in [-0.4, -0.2) is 25.7 Å². The highest BCUT2D eigenvalue weighted by Gasteiger charge is 2.14. The summed E-state index contributed by atoms with van der Waals surface area (Å²) in [4.78, 5) is 11.2. The molecule has 0 saturated carbocycles. The van der Waals surface area contributed by atoms with Crippen molar-refractivity contribution >= 4 is 21.5 Å². The van der Waals surface area contributed by atoms with E-state index in [1.54, 1.807) is 0 Å². The first kappa shape index (κ1) is 14.9. The first-order valence-electron chi connectivity index (χ1n) is 5.88. The maximum atomic E-state index is 11.5. The molecule has 110 valence electrons. The van der Waals surface area contributed by atoms with E-state index >= 15 is 0 Å². The molecule has 0 unspecified atom stereocenters. The number of hydrogen-bond acceptors (Lipinski definition) is 5. The maximum absolute atomic E-state index is 11.5. The van der Waals surface area contributed by atoms with E-state index in [4.69, 9.17) is 15.6 Å². The van der Waals surface area contributed by atoms with Gasteiger partial charge in [-0.2, -0.15) is 0 Å². The number of nitrogens with two attached hydrogens (primary N) is 1. The number of anilines is 1. The van der Waals surface area contributed by atoms with Gasteiger partial charge in [-0.1, -0.05) is 6.07 Å². The van der Waals surface area contributed by atoms with Gasteiger partial charge in [0.25, 0.3) is 0 Å². The summed E-state index contributed by atoms with van der Waals surface area (Å²) in [6.45, 7) is 0. The zero-order chi connectivity index (χ0) is 15.6. The Morgan fingerprint density at radius 1 is 1.19 bits per heavy atom. The van der Waals surface area contributed by atoms with Crippen LogP contribution in [0.25, 0.3) is 0 Å². The van der Waals surface area contributed by atoms with E-state index in [1.807, 2.05) is 0 Å². The molecular formula is C14H13NO5S. The van der Waals surface area contributed by atoms with Gasteiger partial charge in [0, 0.05) is 18.0 Å². The van der Waals surface area contributed by atoms with E-state index in [0.29, 0.717) is 5.69 Å². The lowest BCUT2D eigenvalue weighted by molar-refractivity contribution is 0.0694. The number of aromatic carboxylic acids is 1. The molecule has 0 atom stereocenters. The monoisotopic (exact) mass is 307 g/mol. The molecule has 2 rings (SSSR count). The van der Waals surface area contributed by atoms with Crippen molar-refractivity contribution in [1.82, 2.24) is 0 Å². The van der Waals surface area contributed by atoms with E-state index in [1.165, 1.54) is 42.5 Å². The standard InChI is InChI=1S/C14H13NO5S/c1-21(18,19)11-4-2-3-10(8-11)20-13-7-9(15)5-6-12(13)14(16)17/h2-8H,15H2,1H3,(H,16,17). The Balaban J connectivity index is 2.43. The van der Waals surface area contributed by atoms with Crippen LogP contribution in [0.3, 0.4) is 0 Å². The molecule has 0 aromatic heterocycles. The molecule has 2 aromatic carbocycles. The largest absolute Gasteiger partial charge is 0.478 e. The number of carboxylic acid groups (broad SMARTS) is 1. The molecule has 21 heavy (non-hydrogen) atoms. The summed E-state index contributed by atoms with van der Waals surface area (Å²) in [5.41, 5.74) is 5.89. The summed E-state index contributed by atoms with van der Waals surface area (Å²) >= 11 is 0. The van der Waals surface area contributed by atoms with Crippen LogP contribution in [0.1, 0.15) is 10.4 Å². The van der Waals surface area contributed by atoms with Crippen LogP contribution in [-0.2, 0) is 9.84 Å². The fraction of sp³-hybridized carbons (Fsp3) is 0.0714. The van der Waals surface area contributed by atoms with Gasteiger partial charge in [-0.05, 0) is 30.3 Å². The SMILES string of the molecule is CS(=O)(=O)c1cccc(Oc2cc(N)ccc2C(=O)O)c1. The number of benzene rings is 2. The van der Waals surface area contributed by atoms with Crippen molar-refractivity contribution in [2.45, 2.75) is 4.90 Å². The van der Waals surface area contributed by atoms with Crippen LogP contribution in [0.2, 0.25) is 0 Å². The van der Waals surface area contributed by atoms with Gasteiger partial charge in [-0.3, -0.25) is 0 Å². The van der Waals surface area contributed by atoms with Crippen LogP contribution in [0.4, 0.5) is 5.69 Å². The molecule has 0 amide bonds. The number of carbonyl (C=O) groups is 1. The first-order valence-corrected chi connectivity index (χ1v) is 7.77. The van der Waals surface area contributed by atoms with Gasteiger partial charge in [0.05, 0.1) is 4.90 Å². The third-order valence-corrected chi connectivity index (χ3v) is 3.81. The minimum Gasteiger partial charge on any atom is -0.478 e. The highest BCUT2D eigenvalue weighted by molar-refractivity contribution is 7.90. The molecule has 0 aliphatic rings. The summed E-state index contributed by atoms with van der Waals surface area (Å²) in [6.07, 6.45) is 1.08. The van der Waals surface area contributed by atoms with Gasteiger partial charge < -0.3 is 15.6 Å². The molecule has 0 fully saturated rings. The Bertz CT molecular complexity index is 799. The molecule has 0 heterocycles. The van der Waals surface area contributed by atoms with Gasteiger partial charge in [-0.25, -0.2) is 13.2 Å². The summed E-state index contributed by atoms with van der Waals surface area (Å²) in [5, 5.41) is 9.10. The molecule has 0 aliphatic carbocycles. The zero-order valence-electron chi connectivity index (χ0n) is 11.1. The van der Waals surface area contributed by atoms with Gasteiger partial charge in [0.15, 0.2) is 9.84 Å². The molecule has 6 nitrogen and oxygen atoms in total. The summed E-state index contributed by atoms with van der Waals surface area (Å²) < 4.78 is 28.5. The van der Waals surface area contributed by atoms with E-state index < -0.39 is 15.8 Å². The van der Waals surface area contributed by atoms with Gasteiger partial charge in [-0.15, -0.1) is 0 Å². The topological polar surface area (TPSA) is 107 Å². The van der Waals surface area contributed by atoms with E-state index in [2.05, 4.69) is 0 Å². The van der Waals surface area contributed by atoms with Crippen molar-refractivity contribution in [2.75, 3.05) is 12.0 Å². The van der Waals surface area contributed by atoms with Crippen molar-refractivity contribution in [3.63, 3.8) is 0 Å². The predicted molar refractivity (Wildman–Crippen MR) is 77.4 cm³/mol. The Labute approximate surface area is 121 Å². The third kappa shape index (κ3) is 3.51. The average molecular weight is 307 g/mol. The van der Waals surface area contributed by atoms with Crippen molar-refractivity contribution in [1.29, 1.82) is 0 Å². The Hall–Kier alpha value is -2.54. The minimum atomic E-state index is -3.37. The molecule has 0 radical (unpaired) electrons. The normalized spacial score (nSPS) is 11.1. The quantitative estimate of drug-likeness (QED) is 0.838. The van der Waals surface area contributed by atoms with Crippen molar-refractivity contribution in [2.24, 2.45) is 0 Å². The number of carboxylic acids is 1. The second kappa shape index (κ2) is 5.45. The summed E-state index contributed by atoms with van der Waals surface area (Å²) in [7, 11) is -3.37. The second-order valence-electron chi connectivity index (χ2n) is 4.41. The first-order chi connectivity index (χ1) is 9.77. The van der Waals surface area contributed by atoms with Crippen LogP contribution >= 0.6 is 0 Å². The third-order valence-electron chi connectivity index (χ3n) is 2.70. The van der Waals surface area contributed by atoms with Crippen molar-refractivity contribution in [3.05, 3.63) is 48.0 Å². The lowest BCUT2D eigenvalue weighted by atomic mass is 10.2. The summed E-state index contributed by atoms with van der Waals surface area (Å²) in [6, 6.07) is 9.94. The average Bonchev–Trinajstić information content (AvgIpc) is 2.37. The van der Waals surface area contributed by atoms with E-state index in [0.717, 1.165) is 6.26 Å². The Morgan fingerprint density at radius 3 is 2.52 bits per heavy atom. The molecule has 3 N–H and O–H groups in total. The van der Waals surface area contributed by atoms with Crippen molar-refractivity contribution < 1.29 is 23.1 Å². The molecule has 2 aromatic rings. The van der Waals surface area contributed by atoms with E-state index in [-0.39, 0.29) is 22.0 Å². The molecule has 7 heteroatoms. The van der Waals surface area contributed by atoms with Crippen molar-refractivity contribution in [3.8, 4) is 11.5 Å². The van der Waals surface area contributed by atoms with Gasteiger partial charge >= 0.3 is 5.97 Å². The lowest BCUT2D eigenvalue weighted by Gasteiger charge is -2.10. The summed E-state index contributed by atoms with van der Waals surface area (Å²) in [5.74, 6) is -0.900. The van der Waals surface area contributed by atoms with Gasteiger partial charge in [0.2, 0.25) is 0 Å². The number of hydrogen-bond donors (Lipinski definition) is 2. The smallest absolute Gasteiger partial charge is 0.339 e. The Morgan fingerprint density at radius 2 is 1.90 bits per heavy atom. The van der Waals surface area contributed by atoms with E-state index in [9.17, 15) is 13.2 Å². The molecule has 0 spiro atoms. The molecule has 0 bridgehead atoms. The predicted octanol–water partition coefficient (Wildman–Crippen LogP) is 2.16. The van der Waals surface area contributed by atoms with Crippen LogP contribution < -0.4 is 10.5 Å². The van der Waals surface area contributed by atoms with Gasteiger partial charge in [0.1, 0.15) is 17.1 Å². The zero-order valence-corrected chi connectivity index (χ0v) is 11.9. The maximum Gasteiger partial charge on any atom is 0.339 e. The lowest BCUT2D eigenvalue weighted by Crippen LogP contribution is -2.02. The highest BCUT2D eigenvalue weighted by Crippen LogP contribution is 2.29. The highest BCUT2D eigenvalue weighted by atomic mass is 32.2. The van der Waals surface area contributed by atoms with Crippen LogP contribution in [0.15, 0.2) is 47.4 Å².